The maximum absolute atomic E-state index is 5.39. The van der Waals surface area contributed by atoms with Crippen LogP contribution < -0.4 is 0 Å². The normalized spacial score (nSPS) is 11.4. The number of hydrogen-bond donors (Lipinski definition) is 0. The zero-order valence-electron chi connectivity index (χ0n) is 10.8. The van der Waals surface area contributed by atoms with Gasteiger partial charge in [-0.3, -0.25) is 0 Å². The summed E-state index contributed by atoms with van der Waals surface area (Å²) >= 11 is 3.45. The third-order valence-corrected chi connectivity index (χ3v) is 3.42. The van der Waals surface area contributed by atoms with Crippen LogP contribution in [0.2, 0.25) is 0 Å². The van der Waals surface area contributed by atoms with E-state index >= 15 is 0 Å². The highest BCUT2D eigenvalue weighted by molar-refractivity contribution is 9.08. The van der Waals surface area contributed by atoms with Crippen LogP contribution in [0.3, 0.4) is 0 Å². The fourth-order valence-electron chi connectivity index (χ4n) is 1.71. The summed E-state index contributed by atoms with van der Waals surface area (Å²) in [5, 5.41) is 5.01. The Kier molecular flexibility index (Phi) is 5.16. The number of hydrogen-bond acceptors (Lipinski definition) is 2. The van der Waals surface area contributed by atoms with Crippen LogP contribution in [0.5, 0.6) is 0 Å². The molecule has 0 saturated heterocycles. The topological polar surface area (TPSA) is 21.6 Å². The Bertz CT molecular complexity index is 552. The van der Waals surface area contributed by atoms with Gasteiger partial charge in [0.1, 0.15) is 6.61 Å². The molecular formula is C16H16BrNO. The van der Waals surface area contributed by atoms with E-state index in [1.54, 1.807) is 0 Å². The zero-order valence-corrected chi connectivity index (χ0v) is 12.4. The molecule has 0 atom stereocenters. The maximum Gasteiger partial charge on any atom is 0.142 e. The second-order valence-corrected chi connectivity index (χ2v) is 4.83. The lowest BCUT2D eigenvalue weighted by atomic mass is 10.1. The summed E-state index contributed by atoms with van der Waals surface area (Å²) in [5.74, 6) is 0. The predicted molar refractivity (Wildman–Crippen MR) is 82.5 cm³/mol. The molecule has 0 saturated carbocycles. The first kappa shape index (κ1) is 13.8. The van der Waals surface area contributed by atoms with Gasteiger partial charge in [-0.2, -0.15) is 0 Å². The van der Waals surface area contributed by atoms with Gasteiger partial charge < -0.3 is 4.84 Å². The first-order valence-electron chi connectivity index (χ1n) is 6.15. The molecule has 0 aliphatic carbocycles. The fraction of sp³-hybridized carbons (Fsp3) is 0.188. The average molecular weight is 318 g/mol. The van der Waals surface area contributed by atoms with E-state index in [1.807, 2.05) is 49.4 Å². The Morgan fingerprint density at radius 2 is 1.79 bits per heavy atom. The van der Waals surface area contributed by atoms with E-state index in [9.17, 15) is 0 Å². The second kappa shape index (κ2) is 7.10. The molecule has 19 heavy (non-hydrogen) atoms. The van der Waals surface area contributed by atoms with Crippen LogP contribution in [0, 0.1) is 0 Å². The molecule has 2 nitrogen and oxygen atoms in total. The number of halogens is 1. The first-order valence-corrected chi connectivity index (χ1v) is 7.27. The standard InChI is InChI=1S/C16H16BrNO/c1-13(16-9-5-8-15(10-16)11-17)18-19-12-14-6-3-2-4-7-14/h2-10H,11-12H2,1H3. The molecule has 0 radical (unpaired) electrons. The van der Waals surface area contributed by atoms with Crippen LogP contribution in [0.1, 0.15) is 23.6 Å². The molecule has 0 heterocycles. The van der Waals surface area contributed by atoms with Gasteiger partial charge in [-0.25, -0.2) is 0 Å². The second-order valence-electron chi connectivity index (χ2n) is 4.27. The summed E-state index contributed by atoms with van der Waals surface area (Å²) in [6.07, 6.45) is 0. The summed E-state index contributed by atoms with van der Waals surface area (Å²) < 4.78 is 0. The molecular weight excluding hydrogens is 302 g/mol. The molecule has 98 valence electrons. The molecule has 2 aromatic carbocycles. The van der Waals surface area contributed by atoms with Crippen molar-refractivity contribution in [2.24, 2.45) is 5.16 Å². The Morgan fingerprint density at radius 1 is 1.05 bits per heavy atom. The molecule has 0 aliphatic rings. The molecule has 0 amide bonds. The minimum atomic E-state index is 0.496. The van der Waals surface area contributed by atoms with E-state index < -0.39 is 0 Å². The van der Waals surface area contributed by atoms with Gasteiger partial charge >= 0.3 is 0 Å². The van der Waals surface area contributed by atoms with E-state index in [0.717, 1.165) is 22.2 Å². The van der Waals surface area contributed by atoms with Crippen molar-refractivity contribution in [1.29, 1.82) is 0 Å². The lowest BCUT2D eigenvalue weighted by molar-refractivity contribution is 0.130. The number of nitrogens with zero attached hydrogens (tertiary/aromatic N) is 1. The molecule has 0 aromatic heterocycles. The lowest BCUT2D eigenvalue weighted by Gasteiger charge is -2.04. The number of alkyl halides is 1. The van der Waals surface area contributed by atoms with Crippen molar-refractivity contribution in [3.63, 3.8) is 0 Å². The molecule has 0 fully saturated rings. The van der Waals surface area contributed by atoms with Gasteiger partial charge in [0.25, 0.3) is 0 Å². The SMILES string of the molecule is CC(=NOCc1ccccc1)c1cccc(CBr)c1. The fourth-order valence-corrected chi connectivity index (χ4v) is 2.06. The molecule has 0 bridgehead atoms. The summed E-state index contributed by atoms with van der Waals surface area (Å²) in [6, 6.07) is 18.3. The van der Waals surface area contributed by atoms with Gasteiger partial charge in [-0.1, -0.05) is 69.6 Å². The first-order chi connectivity index (χ1) is 9.29. The minimum absolute atomic E-state index is 0.496. The van der Waals surface area contributed by atoms with E-state index in [2.05, 4.69) is 33.2 Å². The van der Waals surface area contributed by atoms with Crippen LogP contribution in [-0.4, -0.2) is 5.71 Å². The van der Waals surface area contributed by atoms with Crippen LogP contribution in [-0.2, 0) is 16.8 Å². The van der Waals surface area contributed by atoms with Crippen LogP contribution in [0.25, 0.3) is 0 Å². The molecule has 0 aliphatic heterocycles. The quantitative estimate of drug-likeness (QED) is 0.451. The van der Waals surface area contributed by atoms with Crippen LogP contribution in [0.4, 0.5) is 0 Å². The zero-order chi connectivity index (χ0) is 13.5. The summed E-state index contributed by atoms with van der Waals surface area (Å²) in [5.41, 5.74) is 4.33. The Balaban J connectivity index is 1.98. The van der Waals surface area contributed by atoms with Gasteiger partial charge in [-0.15, -0.1) is 0 Å². The van der Waals surface area contributed by atoms with E-state index in [-0.39, 0.29) is 0 Å². The number of rotatable bonds is 5. The van der Waals surface area contributed by atoms with Crippen LogP contribution in [0.15, 0.2) is 59.8 Å². The van der Waals surface area contributed by atoms with Gasteiger partial charge in [0.2, 0.25) is 0 Å². The third kappa shape index (κ3) is 4.21. The summed E-state index contributed by atoms with van der Waals surface area (Å²) in [4.78, 5) is 5.39. The lowest BCUT2D eigenvalue weighted by Crippen LogP contribution is -1.97. The van der Waals surface area contributed by atoms with Crippen LogP contribution >= 0.6 is 15.9 Å². The number of benzene rings is 2. The predicted octanol–water partition coefficient (Wildman–Crippen LogP) is 4.52. The summed E-state index contributed by atoms with van der Waals surface area (Å²) in [6.45, 7) is 2.45. The smallest absolute Gasteiger partial charge is 0.142 e. The largest absolute Gasteiger partial charge is 0.391 e. The Morgan fingerprint density at radius 3 is 2.53 bits per heavy atom. The highest BCUT2D eigenvalue weighted by atomic mass is 79.9. The average Bonchev–Trinajstić information content (AvgIpc) is 2.48. The van der Waals surface area contributed by atoms with E-state index in [0.29, 0.717) is 6.61 Å². The van der Waals surface area contributed by atoms with Crippen molar-refractivity contribution in [3.8, 4) is 0 Å². The monoisotopic (exact) mass is 317 g/mol. The van der Waals surface area contributed by atoms with Gasteiger partial charge in [0.15, 0.2) is 0 Å². The number of oxime groups is 1. The van der Waals surface area contributed by atoms with Gasteiger partial charge in [0.05, 0.1) is 5.71 Å². The Hall–Kier alpha value is -1.61. The van der Waals surface area contributed by atoms with E-state index in [1.165, 1.54) is 5.56 Å². The molecule has 0 N–H and O–H groups in total. The molecule has 0 unspecified atom stereocenters. The third-order valence-electron chi connectivity index (χ3n) is 2.77. The molecule has 3 heteroatoms. The van der Waals surface area contributed by atoms with E-state index in [4.69, 9.17) is 4.84 Å². The Labute approximate surface area is 122 Å². The van der Waals surface area contributed by atoms with Gasteiger partial charge in [0, 0.05) is 5.33 Å². The maximum atomic E-state index is 5.39. The minimum Gasteiger partial charge on any atom is -0.391 e. The van der Waals surface area contributed by atoms with Crippen molar-refractivity contribution >= 4 is 21.6 Å². The summed E-state index contributed by atoms with van der Waals surface area (Å²) in [7, 11) is 0. The van der Waals surface area contributed by atoms with Crippen molar-refractivity contribution in [2.75, 3.05) is 0 Å². The molecule has 0 spiro atoms. The highest BCUT2D eigenvalue weighted by Gasteiger charge is 1.99. The van der Waals surface area contributed by atoms with Gasteiger partial charge in [-0.05, 0) is 29.7 Å². The van der Waals surface area contributed by atoms with Crippen molar-refractivity contribution in [3.05, 3.63) is 71.3 Å². The highest BCUT2D eigenvalue weighted by Crippen LogP contribution is 2.10. The van der Waals surface area contributed by atoms with Crippen molar-refractivity contribution < 1.29 is 4.84 Å². The van der Waals surface area contributed by atoms with Crippen molar-refractivity contribution in [2.45, 2.75) is 18.9 Å². The molecule has 2 aromatic rings. The van der Waals surface area contributed by atoms with Crippen molar-refractivity contribution in [1.82, 2.24) is 0 Å². The molecule has 2 rings (SSSR count).